The van der Waals surface area contributed by atoms with Crippen LogP contribution in [0.4, 0.5) is 0 Å². The van der Waals surface area contributed by atoms with E-state index in [0.29, 0.717) is 12.3 Å². The Morgan fingerprint density at radius 1 is 1.24 bits per heavy atom. The maximum Gasteiger partial charge on any atom is 0.230 e. The van der Waals surface area contributed by atoms with Gasteiger partial charge in [0.1, 0.15) is 5.82 Å². The molecule has 0 fully saturated rings. The lowest BCUT2D eigenvalue weighted by Gasteiger charge is -2.12. The maximum absolute atomic E-state index is 12.0. The van der Waals surface area contributed by atoms with E-state index in [4.69, 9.17) is 0 Å². The SMILES string of the molecule is Cc1ccc(C)c(-n2c(C)nnc2SCC(=O)NCCCN(C)C)c1. The largest absolute Gasteiger partial charge is 0.355 e. The van der Waals surface area contributed by atoms with Gasteiger partial charge in [-0.3, -0.25) is 9.36 Å². The minimum absolute atomic E-state index is 0.0249. The van der Waals surface area contributed by atoms with Crippen molar-refractivity contribution in [1.29, 1.82) is 0 Å². The Bertz CT molecular complexity index is 726. The number of nitrogens with one attached hydrogen (secondary N) is 1. The summed E-state index contributed by atoms with van der Waals surface area (Å²) in [6, 6.07) is 6.31. The zero-order valence-corrected chi connectivity index (χ0v) is 16.5. The number of thioether (sulfide) groups is 1. The van der Waals surface area contributed by atoms with Crippen molar-refractivity contribution in [2.24, 2.45) is 0 Å². The van der Waals surface area contributed by atoms with Crippen LogP contribution in [0.2, 0.25) is 0 Å². The van der Waals surface area contributed by atoms with Crippen molar-refractivity contribution in [3.63, 3.8) is 0 Å². The Labute approximate surface area is 154 Å². The second kappa shape index (κ2) is 9.01. The molecule has 1 aromatic carbocycles. The fourth-order valence-corrected chi connectivity index (χ4v) is 3.30. The van der Waals surface area contributed by atoms with E-state index >= 15 is 0 Å². The van der Waals surface area contributed by atoms with Crippen LogP contribution < -0.4 is 5.32 Å². The molecule has 1 N–H and O–H groups in total. The zero-order valence-electron chi connectivity index (χ0n) is 15.7. The Kier molecular flexibility index (Phi) is 7.01. The van der Waals surface area contributed by atoms with E-state index in [1.165, 1.54) is 17.3 Å². The van der Waals surface area contributed by atoms with E-state index in [1.807, 2.05) is 25.6 Å². The molecule has 7 heteroatoms. The standard InChI is InChI=1S/C18H27N5OS/c1-13-7-8-14(2)16(11-13)23-15(3)20-21-18(23)25-12-17(24)19-9-6-10-22(4)5/h7-8,11H,6,9-10,12H2,1-5H3,(H,19,24). The van der Waals surface area contributed by atoms with E-state index in [1.54, 1.807) is 0 Å². The fraction of sp³-hybridized carbons (Fsp3) is 0.500. The molecule has 0 atom stereocenters. The third-order valence-corrected chi connectivity index (χ3v) is 4.77. The lowest BCUT2D eigenvalue weighted by Crippen LogP contribution is -2.28. The quantitative estimate of drug-likeness (QED) is 0.578. The molecule has 0 saturated heterocycles. The molecule has 0 aliphatic rings. The summed E-state index contributed by atoms with van der Waals surface area (Å²) in [5, 5.41) is 12.1. The molecule has 136 valence electrons. The smallest absolute Gasteiger partial charge is 0.230 e. The van der Waals surface area contributed by atoms with Gasteiger partial charge in [0.15, 0.2) is 5.16 Å². The van der Waals surface area contributed by atoms with Crippen LogP contribution in [-0.2, 0) is 4.79 Å². The summed E-state index contributed by atoms with van der Waals surface area (Å²) < 4.78 is 2.02. The molecule has 2 rings (SSSR count). The minimum atomic E-state index is 0.0249. The number of nitrogens with zero attached hydrogens (tertiary/aromatic N) is 4. The number of aryl methyl sites for hydroxylation is 3. The van der Waals surface area contributed by atoms with Crippen molar-refractivity contribution in [3.05, 3.63) is 35.2 Å². The van der Waals surface area contributed by atoms with Crippen LogP contribution in [0.5, 0.6) is 0 Å². The highest BCUT2D eigenvalue weighted by Gasteiger charge is 2.15. The van der Waals surface area contributed by atoms with Gasteiger partial charge in [0, 0.05) is 6.54 Å². The molecular weight excluding hydrogens is 334 g/mol. The summed E-state index contributed by atoms with van der Waals surface area (Å²) in [7, 11) is 4.06. The van der Waals surface area contributed by atoms with Crippen LogP contribution in [0, 0.1) is 20.8 Å². The van der Waals surface area contributed by atoms with Crippen molar-refractivity contribution in [1.82, 2.24) is 25.0 Å². The highest BCUT2D eigenvalue weighted by atomic mass is 32.2. The van der Waals surface area contributed by atoms with Gasteiger partial charge in [-0.15, -0.1) is 10.2 Å². The topological polar surface area (TPSA) is 63.1 Å². The Balaban J connectivity index is 2.00. The van der Waals surface area contributed by atoms with Crippen LogP contribution in [-0.4, -0.2) is 58.5 Å². The molecule has 0 radical (unpaired) electrons. The minimum Gasteiger partial charge on any atom is -0.355 e. The number of aromatic nitrogens is 3. The summed E-state index contributed by atoms with van der Waals surface area (Å²) in [5.74, 6) is 1.19. The van der Waals surface area contributed by atoms with Gasteiger partial charge in [0.05, 0.1) is 11.4 Å². The molecule has 25 heavy (non-hydrogen) atoms. The van der Waals surface area contributed by atoms with Crippen molar-refractivity contribution in [2.75, 3.05) is 32.9 Å². The predicted octanol–water partition coefficient (Wildman–Crippen LogP) is 2.35. The normalized spacial score (nSPS) is 11.1. The van der Waals surface area contributed by atoms with Crippen molar-refractivity contribution >= 4 is 17.7 Å². The molecule has 0 aliphatic carbocycles. The monoisotopic (exact) mass is 361 g/mol. The van der Waals surface area contributed by atoms with Crippen LogP contribution in [0.15, 0.2) is 23.4 Å². The number of carbonyl (C=O) groups excluding carboxylic acids is 1. The van der Waals surface area contributed by atoms with Crippen molar-refractivity contribution in [2.45, 2.75) is 32.3 Å². The van der Waals surface area contributed by atoms with Crippen molar-refractivity contribution in [3.8, 4) is 5.69 Å². The highest BCUT2D eigenvalue weighted by molar-refractivity contribution is 7.99. The molecular formula is C18H27N5OS. The Morgan fingerprint density at radius 3 is 2.72 bits per heavy atom. The van der Waals surface area contributed by atoms with Gasteiger partial charge in [-0.05, 0) is 65.0 Å². The summed E-state index contributed by atoms with van der Waals surface area (Å²) in [6.45, 7) is 7.73. The second-order valence-electron chi connectivity index (χ2n) is 6.45. The molecule has 2 aromatic rings. The summed E-state index contributed by atoms with van der Waals surface area (Å²) in [4.78, 5) is 14.1. The molecule has 1 aromatic heterocycles. The summed E-state index contributed by atoms with van der Waals surface area (Å²) >= 11 is 1.42. The van der Waals surface area contributed by atoms with Gasteiger partial charge >= 0.3 is 0 Å². The number of hydrogen-bond donors (Lipinski definition) is 1. The number of carbonyl (C=O) groups is 1. The number of rotatable bonds is 8. The lowest BCUT2D eigenvalue weighted by molar-refractivity contribution is -0.118. The second-order valence-corrected chi connectivity index (χ2v) is 7.39. The summed E-state index contributed by atoms with van der Waals surface area (Å²) in [5.41, 5.74) is 3.41. The van der Waals surface area contributed by atoms with Gasteiger partial charge < -0.3 is 10.2 Å². The molecule has 1 amide bonds. The molecule has 0 bridgehead atoms. The number of hydrogen-bond acceptors (Lipinski definition) is 5. The van der Waals surface area contributed by atoms with Crippen molar-refractivity contribution < 1.29 is 4.79 Å². The average molecular weight is 362 g/mol. The number of benzene rings is 1. The Morgan fingerprint density at radius 2 is 2.00 bits per heavy atom. The molecule has 0 unspecified atom stereocenters. The molecule has 0 aliphatic heterocycles. The highest BCUT2D eigenvalue weighted by Crippen LogP contribution is 2.24. The predicted molar refractivity (Wildman–Crippen MR) is 102 cm³/mol. The first-order valence-corrected chi connectivity index (χ1v) is 9.41. The third-order valence-electron chi connectivity index (χ3n) is 3.84. The van der Waals surface area contributed by atoms with Gasteiger partial charge in [0.2, 0.25) is 5.91 Å². The van der Waals surface area contributed by atoms with Crippen LogP contribution in [0.3, 0.4) is 0 Å². The van der Waals surface area contributed by atoms with Gasteiger partial charge in [-0.25, -0.2) is 0 Å². The first kappa shape index (κ1) is 19.5. The average Bonchev–Trinajstić information content (AvgIpc) is 2.92. The van der Waals surface area contributed by atoms with E-state index in [-0.39, 0.29) is 5.91 Å². The van der Waals surface area contributed by atoms with E-state index in [0.717, 1.165) is 35.2 Å². The van der Waals surface area contributed by atoms with E-state index in [9.17, 15) is 4.79 Å². The molecule has 6 nitrogen and oxygen atoms in total. The van der Waals surface area contributed by atoms with Gasteiger partial charge in [0.25, 0.3) is 0 Å². The molecule has 1 heterocycles. The van der Waals surface area contributed by atoms with Gasteiger partial charge in [-0.1, -0.05) is 23.9 Å². The lowest BCUT2D eigenvalue weighted by atomic mass is 10.1. The van der Waals surface area contributed by atoms with E-state index in [2.05, 4.69) is 52.5 Å². The van der Waals surface area contributed by atoms with E-state index < -0.39 is 0 Å². The maximum atomic E-state index is 12.0. The fourth-order valence-electron chi connectivity index (χ4n) is 2.48. The van der Waals surface area contributed by atoms with Crippen LogP contribution in [0.1, 0.15) is 23.4 Å². The van der Waals surface area contributed by atoms with Crippen LogP contribution in [0.25, 0.3) is 5.69 Å². The third kappa shape index (κ3) is 5.57. The molecule has 0 saturated carbocycles. The Hall–Kier alpha value is -1.86. The van der Waals surface area contributed by atoms with Gasteiger partial charge in [-0.2, -0.15) is 0 Å². The van der Waals surface area contributed by atoms with Crippen LogP contribution >= 0.6 is 11.8 Å². The summed E-state index contributed by atoms with van der Waals surface area (Å²) in [6.07, 6.45) is 0.946. The number of amides is 1. The molecule has 0 spiro atoms. The first-order chi connectivity index (χ1) is 11.9. The first-order valence-electron chi connectivity index (χ1n) is 8.42. The zero-order chi connectivity index (χ0) is 18.4.